The van der Waals surface area contributed by atoms with Crippen molar-refractivity contribution in [3.05, 3.63) is 44.7 Å². The number of nitrogens with zero attached hydrogens (tertiary/aromatic N) is 6. The zero-order chi connectivity index (χ0) is 18.4. The van der Waals surface area contributed by atoms with Gasteiger partial charge in [-0.1, -0.05) is 23.2 Å². The third kappa shape index (κ3) is 4.23. The predicted octanol–water partition coefficient (Wildman–Crippen LogP) is 3.29. The van der Waals surface area contributed by atoms with Crippen LogP contribution in [-0.4, -0.2) is 28.0 Å². The first-order chi connectivity index (χ1) is 12.0. The third-order valence-electron chi connectivity index (χ3n) is 2.99. The SMILES string of the molecule is N#CCN(CC#N)c1ncnc(Nc2ccc(Cl)cc2Cl)c1[N+](=O)[O-]. The van der Waals surface area contributed by atoms with E-state index in [4.69, 9.17) is 33.7 Å². The van der Waals surface area contributed by atoms with E-state index >= 15 is 0 Å². The molecule has 0 fully saturated rings. The van der Waals surface area contributed by atoms with Crippen LogP contribution in [0.2, 0.25) is 10.0 Å². The second-order valence-electron chi connectivity index (χ2n) is 4.57. The number of hydrogen-bond donors (Lipinski definition) is 1. The lowest BCUT2D eigenvalue weighted by molar-refractivity contribution is -0.383. The summed E-state index contributed by atoms with van der Waals surface area (Å²) >= 11 is 11.9. The molecule has 0 unspecified atom stereocenters. The highest BCUT2D eigenvalue weighted by atomic mass is 35.5. The van der Waals surface area contributed by atoms with Crippen molar-refractivity contribution in [1.29, 1.82) is 10.5 Å². The molecule has 0 atom stereocenters. The Bertz CT molecular complexity index is 876. The van der Waals surface area contributed by atoms with Crippen LogP contribution in [0.3, 0.4) is 0 Å². The zero-order valence-electron chi connectivity index (χ0n) is 12.5. The van der Waals surface area contributed by atoms with Gasteiger partial charge in [0.05, 0.1) is 27.8 Å². The van der Waals surface area contributed by atoms with E-state index in [1.54, 1.807) is 12.1 Å². The summed E-state index contributed by atoms with van der Waals surface area (Å²) < 4.78 is 0. The number of rotatable bonds is 6. The molecule has 1 aromatic heterocycles. The van der Waals surface area contributed by atoms with Gasteiger partial charge in [-0.25, -0.2) is 9.97 Å². The molecule has 2 rings (SSSR count). The van der Waals surface area contributed by atoms with Crippen LogP contribution in [0.25, 0.3) is 0 Å². The van der Waals surface area contributed by atoms with Gasteiger partial charge in [0.1, 0.15) is 19.4 Å². The van der Waals surface area contributed by atoms with Gasteiger partial charge in [-0.3, -0.25) is 10.1 Å². The van der Waals surface area contributed by atoms with E-state index in [0.717, 1.165) is 6.33 Å². The Balaban J connectivity index is 2.52. The fraction of sp³-hybridized carbons (Fsp3) is 0.143. The highest BCUT2D eigenvalue weighted by molar-refractivity contribution is 6.36. The molecule has 11 heteroatoms. The van der Waals surface area contributed by atoms with Crippen molar-refractivity contribution in [2.75, 3.05) is 23.3 Å². The summed E-state index contributed by atoms with van der Waals surface area (Å²) in [6, 6.07) is 8.24. The van der Waals surface area contributed by atoms with Crippen molar-refractivity contribution in [2.45, 2.75) is 0 Å². The molecular weight excluding hydrogens is 369 g/mol. The Morgan fingerprint density at radius 2 is 1.92 bits per heavy atom. The fourth-order valence-corrected chi connectivity index (χ4v) is 2.41. The third-order valence-corrected chi connectivity index (χ3v) is 3.54. The van der Waals surface area contributed by atoms with E-state index in [0.29, 0.717) is 10.7 Å². The van der Waals surface area contributed by atoms with Crippen LogP contribution >= 0.6 is 23.2 Å². The quantitative estimate of drug-likeness (QED) is 0.460. The van der Waals surface area contributed by atoms with Gasteiger partial charge < -0.3 is 10.2 Å². The molecule has 0 bridgehead atoms. The lowest BCUT2D eigenvalue weighted by Gasteiger charge is -2.17. The molecule has 0 amide bonds. The minimum Gasteiger partial charge on any atom is -0.333 e. The smallest absolute Gasteiger partial charge is 0.333 e. The molecule has 1 heterocycles. The molecule has 9 nitrogen and oxygen atoms in total. The molecule has 0 aliphatic heterocycles. The molecule has 25 heavy (non-hydrogen) atoms. The van der Waals surface area contributed by atoms with Crippen molar-refractivity contribution in [3.8, 4) is 12.1 Å². The van der Waals surface area contributed by atoms with E-state index in [1.807, 2.05) is 12.1 Å². The highest BCUT2D eigenvalue weighted by Crippen LogP contribution is 2.35. The number of halogens is 2. The lowest BCUT2D eigenvalue weighted by Crippen LogP contribution is -2.26. The van der Waals surface area contributed by atoms with Gasteiger partial charge in [-0.05, 0) is 18.2 Å². The summed E-state index contributed by atoms with van der Waals surface area (Å²) in [5.41, 5.74) is -0.120. The summed E-state index contributed by atoms with van der Waals surface area (Å²) in [4.78, 5) is 19.7. The van der Waals surface area contributed by atoms with Gasteiger partial charge in [0.25, 0.3) is 0 Å². The van der Waals surface area contributed by atoms with Crippen LogP contribution in [0.1, 0.15) is 0 Å². The summed E-state index contributed by atoms with van der Waals surface area (Å²) in [5, 5.41) is 32.6. The van der Waals surface area contributed by atoms with Gasteiger partial charge in [-0.2, -0.15) is 10.5 Å². The molecule has 0 aliphatic carbocycles. The summed E-state index contributed by atoms with van der Waals surface area (Å²) in [7, 11) is 0. The number of hydrogen-bond acceptors (Lipinski definition) is 8. The normalized spacial score (nSPS) is 9.76. The number of nitro groups is 1. The monoisotopic (exact) mass is 377 g/mol. The number of nitrogens with one attached hydrogen (secondary N) is 1. The first kappa shape index (κ1) is 18.2. The standard InChI is InChI=1S/C14H9Cl2N7O2/c15-9-1-2-11(10(16)7-9)21-13-12(23(24)25)14(20-8-19-13)22(5-3-17)6-4-18/h1-2,7-8H,5-6H2,(H,19,20,21). The van der Waals surface area contributed by atoms with Crippen molar-refractivity contribution < 1.29 is 4.92 Å². The Morgan fingerprint density at radius 3 is 2.48 bits per heavy atom. The average Bonchev–Trinajstić information content (AvgIpc) is 2.57. The molecule has 0 spiro atoms. The summed E-state index contributed by atoms with van der Waals surface area (Å²) in [5.74, 6) is -0.268. The molecular formula is C14H9Cl2N7O2. The van der Waals surface area contributed by atoms with Crippen LogP contribution in [-0.2, 0) is 0 Å². The van der Waals surface area contributed by atoms with Crippen LogP contribution < -0.4 is 10.2 Å². The van der Waals surface area contributed by atoms with Gasteiger partial charge in [0, 0.05) is 5.02 Å². The molecule has 126 valence electrons. The van der Waals surface area contributed by atoms with Gasteiger partial charge in [0.2, 0.25) is 11.6 Å². The van der Waals surface area contributed by atoms with Crippen molar-refractivity contribution >= 4 is 46.2 Å². The second-order valence-corrected chi connectivity index (χ2v) is 5.42. The van der Waals surface area contributed by atoms with Crippen molar-refractivity contribution in [3.63, 3.8) is 0 Å². The average molecular weight is 378 g/mol. The number of anilines is 3. The molecule has 0 saturated carbocycles. The van der Waals surface area contributed by atoms with E-state index in [9.17, 15) is 10.1 Å². The van der Waals surface area contributed by atoms with Crippen molar-refractivity contribution in [2.24, 2.45) is 0 Å². The lowest BCUT2D eigenvalue weighted by atomic mass is 10.3. The maximum absolute atomic E-state index is 11.5. The van der Waals surface area contributed by atoms with Crippen molar-refractivity contribution in [1.82, 2.24) is 9.97 Å². The fourth-order valence-electron chi connectivity index (χ4n) is 1.96. The molecule has 1 aromatic carbocycles. The van der Waals surface area contributed by atoms with Crippen LogP contribution in [0.15, 0.2) is 24.5 Å². The Kier molecular flexibility index (Phi) is 5.90. The second kappa shape index (κ2) is 8.11. The largest absolute Gasteiger partial charge is 0.353 e. The van der Waals surface area contributed by atoms with E-state index in [1.165, 1.54) is 11.0 Å². The highest BCUT2D eigenvalue weighted by Gasteiger charge is 2.27. The Labute approximate surface area is 152 Å². The number of aromatic nitrogens is 2. The Hall–Kier alpha value is -3.14. The maximum Gasteiger partial charge on any atom is 0.353 e. The van der Waals surface area contributed by atoms with Gasteiger partial charge in [0.15, 0.2) is 0 Å². The molecule has 0 saturated heterocycles. The van der Waals surface area contributed by atoms with Gasteiger partial charge in [-0.15, -0.1) is 0 Å². The number of benzene rings is 1. The first-order valence-electron chi connectivity index (χ1n) is 6.68. The molecule has 2 aromatic rings. The number of nitriles is 2. The molecule has 1 N–H and O–H groups in total. The van der Waals surface area contributed by atoms with E-state index < -0.39 is 10.6 Å². The minimum absolute atomic E-state index is 0.125. The minimum atomic E-state index is -0.691. The van der Waals surface area contributed by atoms with Crippen LogP contribution in [0, 0.1) is 32.8 Å². The van der Waals surface area contributed by atoms with E-state index in [-0.39, 0.29) is 29.7 Å². The zero-order valence-corrected chi connectivity index (χ0v) is 14.0. The Morgan fingerprint density at radius 1 is 1.24 bits per heavy atom. The maximum atomic E-state index is 11.5. The summed E-state index contributed by atoms with van der Waals surface area (Å²) in [6.07, 6.45) is 1.09. The first-order valence-corrected chi connectivity index (χ1v) is 7.43. The molecule has 0 aliphatic rings. The van der Waals surface area contributed by atoms with Crippen LogP contribution in [0.5, 0.6) is 0 Å². The van der Waals surface area contributed by atoms with E-state index in [2.05, 4.69) is 15.3 Å². The van der Waals surface area contributed by atoms with Crippen LogP contribution in [0.4, 0.5) is 23.0 Å². The molecule has 0 radical (unpaired) electrons. The summed E-state index contributed by atoms with van der Waals surface area (Å²) in [6.45, 7) is -0.487. The predicted molar refractivity (Wildman–Crippen MR) is 91.9 cm³/mol. The topological polar surface area (TPSA) is 132 Å². The van der Waals surface area contributed by atoms with Gasteiger partial charge >= 0.3 is 5.69 Å².